The SMILES string of the molecule is Cc1nccc(N2CC(S(=O)(=O)F)CC2=O)c1C. The lowest BCUT2D eigenvalue weighted by atomic mass is 10.2. The fourth-order valence-electron chi connectivity index (χ4n) is 2.02. The summed E-state index contributed by atoms with van der Waals surface area (Å²) in [6.45, 7) is 3.45. The van der Waals surface area contributed by atoms with Crippen LogP contribution in [0.3, 0.4) is 0 Å². The van der Waals surface area contributed by atoms with Crippen LogP contribution in [0.2, 0.25) is 0 Å². The molecule has 1 aromatic heterocycles. The summed E-state index contributed by atoms with van der Waals surface area (Å²) in [6.07, 6.45) is 1.24. The van der Waals surface area contributed by atoms with Crippen molar-refractivity contribution in [2.24, 2.45) is 0 Å². The largest absolute Gasteiger partial charge is 0.311 e. The van der Waals surface area contributed by atoms with Gasteiger partial charge in [-0.1, -0.05) is 0 Å². The van der Waals surface area contributed by atoms with E-state index >= 15 is 0 Å². The van der Waals surface area contributed by atoms with Crippen LogP contribution in [-0.2, 0) is 15.0 Å². The van der Waals surface area contributed by atoms with Gasteiger partial charge in [-0.05, 0) is 25.5 Å². The Bertz CT molecular complexity index is 600. The van der Waals surface area contributed by atoms with E-state index in [1.807, 2.05) is 0 Å². The van der Waals surface area contributed by atoms with Gasteiger partial charge in [-0.2, -0.15) is 8.42 Å². The van der Waals surface area contributed by atoms with Crippen molar-refractivity contribution in [3.63, 3.8) is 0 Å². The van der Waals surface area contributed by atoms with Crippen LogP contribution in [-0.4, -0.2) is 31.1 Å². The van der Waals surface area contributed by atoms with Gasteiger partial charge < -0.3 is 4.90 Å². The molecule has 1 aliphatic heterocycles. The highest BCUT2D eigenvalue weighted by atomic mass is 32.3. The summed E-state index contributed by atoms with van der Waals surface area (Å²) in [7, 11) is -4.68. The Morgan fingerprint density at radius 2 is 2.11 bits per heavy atom. The Morgan fingerprint density at radius 1 is 1.44 bits per heavy atom. The van der Waals surface area contributed by atoms with Gasteiger partial charge in [0.2, 0.25) is 5.91 Å². The fraction of sp³-hybridized carbons (Fsp3) is 0.455. The van der Waals surface area contributed by atoms with Gasteiger partial charge in [0.25, 0.3) is 0 Å². The van der Waals surface area contributed by atoms with Crippen molar-refractivity contribution in [2.45, 2.75) is 25.5 Å². The highest BCUT2D eigenvalue weighted by Crippen LogP contribution is 2.28. The zero-order valence-electron chi connectivity index (χ0n) is 10.1. The molecule has 1 saturated heterocycles. The number of carbonyl (C=O) groups excluding carboxylic acids is 1. The molecule has 1 atom stereocenters. The molecular formula is C11H13FN2O3S. The van der Waals surface area contributed by atoms with Crippen molar-refractivity contribution in [3.05, 3.63) is 23.5 Å². The number of hydrogen-bond acceptors (Lipinski definition) is 4. The first-order valence-corrected chi connectivity index (χ1v) is 6.91. The molecule has 1 fully saturated rings. The monoisotopic (exact) mass is 272 g/mol. The van der Waals surface area contributed by atoms with Gasteiger partial charge in [-0.15, -0.1) is 3.89 Å². The van der Waals surface area contributed by atoms with E-state index in [-0.39, 0.29) is 18.9 Å². The molecule has 98 valence electrons. The topological polar surface area (TPSA) is 67.3 Å². The number of pyridine rings is 1. The molecule has 0 saturated carbocycles. The summed E-state index contributed by atoms with van der Waals surface area (Å²) < 4.78 is 34.6. The molecule has 0 aromatic carbocycles. The molecule has 0 radical (unpaired) electrons. The third kappa shape index (κ3) is 2.22. The number of anilines is 1. The number of aromatic nitrogens is 1. The number of amides is 1. The maximum absolute atomic E-state index is 12.9. The Kier molecular flexibility index (Phi) is 3.10. The Morgan fingerprint density at radius 3 is 2.67 bits per heavy atom. The van der Waals surface area contributed by atoms with Crippen LogP contribution >= 0.6 is 0 Å². The van der Waals surface area contributed by atoms with Crippen molar-refractivity contribution in [1.29, 1.82) is 0 Å². The van der Waals surface area contributed by atoms with Crippen LogP contribution in [0.4, 0.5) is 9.57 Å². The molecule has 0 N–H and O–H groups in total. The Hall–Kier alpha value is -1.50. The number of nitrogens with zero attached hydrogens (tertiary/aromatic N) is 2. The van der Waals surface area contributed by atoms with E-state index in [0.717, 1.165) is 11.3 Å². The van der Waals surface area contributed by atoms with E-state index in [1.165, 1.54) is 4.90 Å². The van der Waals surface area contributed by atoms with Crippen LogP contribution in [0, 0.1) is 13.8 Å². The molecule has 1 aliphatic rings. The molecule has 0 bridgehead atoms. The van der Waals surface area contributed by atoms with Crippen molar-refractivity contribution in [1.82, 2.24) is 4.98 Å². The van der Waals surface area contributed by atoms with E-state index in [9.17, 15) is 17.1 Å². The lowest BCUT2D eigenvalue weighted by molar-refractivity contribution is -0.117. The summed E-state index contributed by atoms with van der Waals surface area (Å²) in [6, 6.07) is 1.63. The molecule has 18 heavy (non-hydrogen) atoms. The van der Waals surface area contributed by atoms with Gasteiger partial charge in [0.05, 0.1) is 0 Å². The quantitative estimate of drug-likeness (QED) is 0.756. The van der Waals surface area contributed by atoms with Gasteiger partial charge >= 0.3 is 10.2 Å². The summed E-state index contributed by atoms with van der Waals surface area (Å²) in [5.41, 5.74) is 2.15. The second-order valence-electron chi connectivity index (χ2n) is 4.35. The Balaban J connectivity index is 2.36. The van der Waals surface area contributed by atoms with Crippen molar-refractivity contribution in [2.75, 3.05) is 11.4 Å². The second kappa shape index (κ2) is 4.31. The number of halogens is 1. The zero-order valence-corrected chi connectivity index (χ0v) is 10.9. The summed E-state index contributed by atoms with van der Waals surface area (Å²) in [5, 5.41) is -1.27. The van der Waals surface area contributed by atoms with Gasteiger partial charge in [0, 0.05) is 30.5 Å². The average molecular weight is 272 g/mol. The summed E-state index contributed by atoms with van der Waals surface area (Å²) in [4.78, 5) is 17.2. The van der Waals surface area contributed by atoms with Crippen LogP contribution in [0.15, 0.2) is 12.3 Å². The number of carbonyl (C=O) groups is 1. The van der Waals surface area contributed by atoms with E-state index in [2.05, 4.69) is 4.98 Å². The van der Waals surface area contributed by atoms with E-state index in [0.29, 0.717) is 5.69 Å². The first-order valence-electron chi connectivity index (χ1n) is 5.46. The third-order valence-electron chi connectivity index (χ3n) is 3.21. The van der Waals surface area contributed by atoms with Crippen molar-refractivity contribution >= 4 is 21.8 Å². The third-order valence-corrected chi connectivity index (χ3v) is 4.32. The van der Waals surface area contributed by atoms with E-state index in [4.69, 9.17) is 0 Å². The zero-order chi connectivity index (χ0) is 13.5. The highest BCUT2D eigenvalue weighted by molar-refractivity contribution is 7.87. The lowest BCUT2D eigenvalue weighted by Gasteiger charge is -2.19. The minimum Gasteiger partial charge on any atom is -0.311 e. The first-order chi connectivity index (χ1) is 8.30. The molecule has 2 rings (SSSR count). The normalized spacial score (nSPS) is 20.5. The number of hydrogen-bond donors (Lipinski definition) is 0. The molecular weight excluding hydrogens is 259 g/mol. The van der Waals surface area contributed by atoms with Gasteiger partial charge in [-0.3, -0.25) is 9.78 Å². The maximum atomic E-state index is 12.9. The summed E-state index contributed by atoms with van der Waals surface area (Å²) >= 11 is 0. The highest BCUT2D eigenvalue weighted by Gasteiger charge is 2.39. The molecule has 0 aliphatic carbocycles. The first kappa shape index (κ1) is 12.9. The molecule has 7 heteroatoms. The smallest absolute Gasteiger partial charge is 0.307 e. The average Bonchev–Trinajstić information content (AvgIpc) is 2.64. The number of aryl methyl sites for hydroxylation is 1. The molecule has 5 nitrogen and oxygen atoms in total. The van der Waals surface area contributed by atoms with Gasteiger partial charge in [-0.25, -0.2) is 0 Å². The molecule has 1 amide bonds. The van der Waals surface area contributed by atoms with Crippen molar-refractivity contribution < 1.29 is 17.1 Å². The molecule has 1 unspecified atom stereocenters. The molecule has 2 heterocycles. The van der Waals surface area contributed by atoms with E-state index < -0.39 is 15.5 Å². The second-order valence-corrected chi connectivity index (χ2v) is 5.96. The predicted molar refractivity (Wildman–Crippen MR) is 64.5 cm³/mol. The van der Waals surface area contributed by atoms with Gasteiger partial charge in [0.15, 0.2) is 0 Å². The predicted octanol–water partition coefficient (Wildman–Crippen LogP) is 1.10. The minimum absolute atomic E-state index is 0.137. The van der Waals surface area contributed by atoms with Crippen molar-refractivity contribution in [3.8, 4) is 0 Å². The summed E-state index contributed by atoms with van der Waals surface area (Å²) in [5.74, 6) is -0.380. The lowest BCUT2D eigenvalue weighted by Crippen LogP contribution is -2.27. The molecule has 0 spiro atoms. The van der Waals surface area contributed by atoms with Crippen LogP contribution in [0.1, 0.15) is 17.7 Å². The van der Waals surface area contributed by atoms with Gasteiger partial charge in [0.1, 0.15) is 5.25 Å². The number of rotatable bonds is 2. The standard InChI is InChI=1S/C11H13FN2O3S/c1-7-8(2)13-4-3-10(7)14-6-9(5-11(14)15)18(12,16)17/h3-4,9H,5-6H2,1-2H3. The fourth-order valence-corrected chi connectivity index (χ4v) is 2.68. The van der Waals surface area contributed by atoms with E-state index in [1.54, 1.807) is 26.1 Å². The van der Waals surface area contributed by atoms with Crippen LogP contribution < -0.4 is 4.90 Å². The van der Waals surface area contributed by atoms with Crippen LogP contribution in [0.25, 0.3) is 0 Å². The minimum atomic E-state index is -4.68. The van der Waals surface area contributed by atoms with Crippen LogP contribution in [0.5, 0.6) is 0 Å². The Labute approximate surface area is 105 Å². The maximum Gasteiger partial charge on any atom is 0.307 e. The molecule has 1 aromatic rings.